The number of aromatic nitrogens is 1. The van der Waals surface area contributed by atoms with Crippen LogP contribution in [0.1, 0.15) is 11.7 Å². The van der Waals surface area contributed by atoms with E-state index in [4.69, 9.17) is 5.73 Å². The van der Waals surface area contributed by atoms with E-state index in [1.165, 1.54) is 0 Å². The number of aliphatic hydroxyl groups excluding tert-OH is 1. The van der Waals surface area contributed by atoms with Crippen LogP contribution < -0.4 is 5.73 Å². The lowest BCUT2D eigenvalue weighted by atomic mass is 10.1. The lowest BCUT2D eigenvalue weighted by Gasteiger charge is -2.35. The molecule has 3 N–H and O–H groups in total. The fourth-order valence-corrected chi connectivity index (χ4v) is 2.31. The van der Waals surface area contributed by atoms with Crippen molar-refractivity contribution in [1.29, 1.82) is 0 Å². The number of β-amino-alcohol motifs (C(OH)–C–C–N with tert-alkyl or cyclic N) is 1. The molecule has 0 saturated carbocycles. The molecule has 0 spiro atoms. The molecule has 0 radical (unpaired) electrons. The van der Waals surface area contributed by atoms with Gasteiger partial charge in [-0.1, -0.05) is 0 Å². The predicted octanol–water partition coefficient (Wildman–Crippen LogP) is -0.309. The summed E-state index contributed by atoms with van der Waals surface area (Å²) in [6, 6.07) is 3.74. The van der Waals surface area contributed by atoms with Crippen LogP contribution in [0.3, 0.4) is 0 Å². The molecule has 18 heavy (non-hydrogen) atoms. The van der Waals surface area contributed by atoms with Gasteiger partial charge in [-0.2, -0.15) is 0 Å². The van der Waals surface area contributed by atoms with Gasteiger partial charge in [0, 0.05) is 58.2 Å². The number of hydrogen-bond acceptors (Lipinski definition) is 5. The summed E-state index contributed by atoms with van der Waals surface area (Å²) in [7, 11) is 0. The van der Waals surface area contributed by atoms with Gasteiger partial charge in [-0.3, -0.25) is 14.8 Å². The number of nitrogens with two attached hydrogens (primary N) is 1. The molecular weight excluding hydrogens is 228 g/mol. The normalized spacial score (nSPS) is 19.9. The Morgan fingerprint density at radius 2 is 1.78 bits per heavy atom. The monoisotopic (exact) mass is 250 g/mol. The highest BCUT2D eigenvalue weighted by molar-refractivity contribution is 5.13. The van der Waals surface area contributed by atoms with E-state index in [1.807, 2.05) is 12.1 Å². The van der Waals surface area contributed by atoms with Crippen LogP contribution in [0.15, 0.2) is 24.5 Å². The van der Waals surface area contributed by atoms with Crippen LogP contribution in [0, 0.1) is 0 Å². The molecule has 1 aromatic heterocycles. The Hall–Kier alpha value is -1.01. The molecule has 0 bridgehead atoms. The number of nitrogens with zero attached hydrogens (tertiary/aromatic N) is 3. The maximum atomic E-state index is 10.1. The molecule has 100 valence electrons. The fourth-order valence-electron chi connectivity index (χ4n) is 2.31. The number of pyridine rings is 1. The van der Waals surface area contributed by atoms with Gasteiger partial charge in [0.15, 0.2) is 0 Å². The van der Waals surface area contributed by atoms with E-state index in [-0.39, 0.29) is 0 Å². The van der Waals surface area contributed by atoms with Gasteiger partial charge in [0.1, 0.15) is 0 Å². The zero-order valence-corrected chi connectivity index (χ0v) is 10.7. The second kappa shape index (κ2) is 6.80. The maximum Gasteiger partial charge on any atom is 0.0918 e. The highest BCUT2D eigenvalue weighted by atomic mass is 16.3. The van der Waals surface area contributed by atoms with Gasteiger partial charge in [0.2, 0.25) is 0 Å². The van der Waals surface area contributed by atoms with Crippen molar-refractivity contribution in [2.24, 2.45) is 5.73 Å². The summed E-state index contributed by atoms with van der Waals surface area (Å²) in [5, 5.41) is 10.1. The molecule has 2 heterocycles. The van der Waals surface area contributed by atoms with Gasteiger partial charge >= 0.3 is 0 Å². The second-order valence-electron chi connectivity index (χ2n) is 4.73. The number of hydrogen-bond donors (Lipinski definition) is 2. The Kier molecular flexibility index (Phi) is 5.07. The summed E-state index contributed by atoms with van der Waals surface area (Å²) in [4.78, 5) is 8.64. The first kappa shape index (κ1) is 13.4. The molecule has 1 aliphatic heterocycles. The molecule has 2 rings (SSSR count). The number of piperazine rings is 1. The van der Waals surface area contributed by atoms with Crippen molar-refractivity contribution in [3.63, 3.8) is 0 Å². The summed E-state index contributed by atoms with van der Waals surface area (Å²) in [5.41, 5.74) is 6.49. The second-order valence-corrected chi connectivity index (χ2v) is 4.73. The molecule has 1 fully saturated rings. The first-order chi connectivity index (χ1) is 8.79. The largest absolute Gasteiger partial charge is 0.387 e. The van der Waals surface area contributed by atoms with Gasteiger partial charge in [-0.15, -0.1) is 0 Å². The quantitative estimate of drug-likeness (QED) is 0.750. The van der Waals surface area contributed by atoms with Crippen molar-refractivity contribution in [2.45, 2.75) is 6.10 Å². The van der Waals surface area contributed by atoms with E-state index < -0.39 is 6.10 Å². The molecule has 1 aromatic rings. The van der Waals surface area contributed by atoms with Crippen molar-refractivity contribution < 1.29 is 5.11 Å². The van der Waals surface area contributed by atoms with E-state index in [0.717, 1.165) is 44.8 Å². The average Bonchev–Trinajstić information content (AvgIpc) is 2.42. The third-order valence-corrected chi connectivity index (χ3v) is 3.43. The standard InChI is InChI=1S/C13H22N4O/c14-3-6-16-7-9-17(10-8-16)11-13(18)12-1-4-15-5-2-12/h1-2,4-5,13,18H,3,6-11,14H2. The zero-order chi connectivity index (χ0) is 12.8. The molecular formula is C13H22N4O. The van der Waals surface area contributed by atoms with Gasteiger partial charge in [-0.25, -0.2) is 0 Å². The Bertz CT molecular complexity index is 338. The first-order valence-electron chi connectivity index (χ1n) is 6.52. The van der Waals surface area contributed by atoms with Gasteiger partial charge in [0.05, 0.1) is 6.10 Å². The molecule has 1 atom stereocenters. The topological polar surface area (TPSA) is 65.6 Å². The van der Waals surface area contributed by atoms with Crippen molar-refractivity contribution in [2.75, 3.05) is 45.8 Å². The summed E-state index contributed by atoms with van der Waals surface area (Å²) < 4.78 is 0. The van der Waals surface area contributed by atoms with E-state index in [9.17, 15) is 5.11 Å². The van der Waals surface area contributed by atoms with Crippen LogP contribution >= 0.6 is 0 Å². The molecule has 0 amide bonds. The van der Waals surface area contributed by atoms with E-state index >= 15 is 0 Å². The maximum absolute atomic E-state index is 10.1. The minimum absolute atomic E-state index is 0.422. The third kappa shape index (κ3) is 3.74. The third-order valence-electron chi connectivity index (χ3n) is 3.43. The number of rotatable bonds is 5. The lowest BCUT2D eigenvalue weighted by Crippen LogP contribution is -2.48. The molecule has 1 aliphatic rings. The Morgan fingerprint density at radius 3 is 2.39 bits per heavy atom. The number of aliphatic hydroxyl groups is 1. The SMILES string of the molecule is NCCN1CCN(CC(O)c2ccncc2)CC1. The molecule has 0 aliphatic carbocycles. The Balaban J connectivity index is 1.78. The minimum Gasteiger partial charge on any atom is -0.387 e. The van der Waals surface area contributed by atoms with Crippen LogP contribution in [0.2, 0.25) is 0 Å². The van der Waals surface area contributed by atoms with Crippen LogP contribution in [-0.2, 0) is 0 Å². The smallest absolute Gasteiger partial charge is 0.0918 e. The van der Waals surface area contributed by atoms with Crippen LogP contribution in [0.4, 0.5) is 0 Å². The summed E-state index contributed by atoms with van der Waals surface area (Å²) in [5.74, 6) is 0. The predicted molar refractivity (Wildman–Crippen MR) is 71.1 cm³/mol. The summed E-state index contributed by atoms with van der Waals surface area (Å²) >= 11 is 0. The van der Waals surface area contributed by atoms with Crippen LogP contribution in [0.25, 0.3) is 0 Å². The van der Waals surface area contributed by atoms with E-state index in [0.29, 0.717) is 6.54 Å². The summed E-state index contributed by atoms with van der Waals surface area (Å²) in [6.07, 6.45) is 3.02. The molecule has 1 saturated heterocycles. The van der Waals surface area contributed by atoms with Crippen molar-refractivity contribution in [3.05, 3.63) is 30.1 Å². The van der Waals surface area contributed by atoms with Crippen LogP contribution in [-0.4, -0.2) is 65.7 Å². The van der Waals surface area contributed by atoms with E-state index in [1.54, 1.807) is 12.4 Å². The Labute approximate surface area is 108 Å². The molecule has 1 unspecified atom stereocenters. The van der Waals surface area contributed by atoms with Crippen LogP contribution in [0.5, 0.6) is 0 Å². The fraction of sp³-hybridized carbons (Fsp3) is 0.615. The average molecular weight is 250 g/mol. The van der Waals surface area contributed by atoms with Crippen molar-refractivity contribution in [1.82, 2.24) is 14.8 Å². The molecule has 0 aromatic carbocycles. The minimum atomic E-state index is -0.422. The van der Waals surface area contributed by atoms with Gasteiger partial charge in [-0.05, 0) is 17.7 Å². The van der Waals surface area contributed by atoms with E-state index in [2.05, 4.69) is 14.8 Å². The zero-order valence-electron chi connectivity index (χ0n) is 10.7. The molecule has 5 heteroatoms. The van der Waals surface area contributed by atoms with Gasteiger partial charge < -0.3 is 10.8 Å². The highest BCUT2D eigenvalue weighted by Gasteiger charge is 2.19. The highest BCUT2D eigenvalue weighted by Crippen LogP contribution is 2.14. The van der Waals surface area contributed by atoms with Crippen molar-refractivity contribution >= 4 is 0 Å². The van der Waals surface area contributed by atoms with Gasteiger partial charge in [0.25, 0.3) is 0 Å². The summed E-state index contributed by atoms with van der Waals surface area (Å²) in [6.45, 7) is 6.48. The lowest BCUT2D eigenvalue weighted by molar-refractivity contribution is 0.0736. The first-order valence-corrected chi connectivity index (χ1v) is 6.52. The van der Waals surface area contributed by atoms with Crippen molar-refractivity contribution in [3.8, 4) is 0 Å². The molecule has 5 nitrogen and oxygen atoms in total. The Morgan fingerprint density at radius 1 is 1.17 bits per heavy atom.